The molecule has 29 heavy (non-hydrogen) atoms. The summed E-state index contributed by atoms with van der Waals surface area (Å²) in [6, 6.07) is 5.13. The SMILES string of the molecule is O=C(Nc1ccc2c(c1)OCO2)N1CCC2(CC1)CC(Cn1ccnc1)OC2=O. The van der Waals surface area contributed by atoms with Crippen LogP contribution >= 0.6 is 0 Å². The minimum Gasteiger partial charge on any atom is -0.460 e. The first-order valence-electron chi connectivity index (χ1n) is 9.74. The van der Waals surface area contributed by atoms with Gasteiger partial charge in [0, 0.05) is 43.7 Å². The van der Waals surface area contributed by atoms with Gasteiger partial charge in [0.15, 0.2) is 11.5 Å². The predicted octanol–water partition coefficient (Wildman–Crippen LogP) is 2.24. The average molecular weight is 398 g/mol. The van der Waals surface area contributed by atoms with E-state index in [9.17, 15) is 9.59 Å². The largest absolute Gasteiger partial charge is 0.460 e. The van der Waals surface area contributed by atoms with Gasteiger partial charge in [-0.3, -0.25) is 4.79 Å². The number of nitrogens with zero attached hydrogens (tertiary/aromatic N) is 3. The maximum atomic E-state index is 12.6. The molecular weight excluding hydrogens is 376 g/mol. The number of esters is 1. The van der Waals surface area contributed by atoms with E-state index in [1.165, 1.54) is 0 Å². The number of hydrogen-bond acceptors (Lipinski definition) is 6. The Morgan fingerprint density at radius 2 is 2.07 bits per heavy atom. The van der Waals surface area contributed by atoms with Gasteiger partial charge >= 0.3 is 12.0 Å². The molecule has 0 bridgehead atoms. The minimum atomic E-state index is -0.485. The second-order valence-electron chi connectivity index (χ2n) is 7.76. The van der Waals surface area contributed by atoms with Crippen molar-refractivity contribution in [3.8, 4) is 11.5 Å². The number of cyclic esters (lactones) is 1. The summed E-state index contributed by atoms with van der Waals surface area (Å²) in [5.74, 6) is 1.16. The molecule has 0 radical (unpaired) electrons. The van der Waals surface area contributed by atoms with Gasteiger partial charge in [0.25, 0.3) is 0 Å². The lowest BCUT2D eigenvalue weighted by Crippen LogP contribution is -2.46. The van der Waals surface area contributed by atoms with E-state index in [1.54, 1.807) is 35.6 Å². The van der Waals surface area contributed by atoms with Crippen LogP contribution < -0.4 is 14.8 Å². The van der Waals surface area contributed by atoms with E-state index < -0.39 is 5.41 Å². The van der Waals surface area contributed by atoms with E-state index in [0.717, 1.165) is 0 Å². The van der Waals surface area contributed by atoms with Crippen LogP contribution in [-0.2, 0) is 16.1 Å². The van der Waals surface area contributed by atoms with Crippen molar-refractivity contribution in [1.29, 1.82) is 0 Å². The molecule has 0 aliphatic carbocycles. The fourth-order valence-corrected chi connectivity index (χ4v) is 4.29. The number of aromatic nitrogens is 2. The second-order valence-corrected chi connectivity index (χ2v) is 7.76. The van der Waals surface area contributed by atoms with E-state index >= 15 is 0 Å². The molecule has 2 amide bonds. The number of fused-ring (bicyclic) bond motifs is 1. The number of benzene rings is 1. The van der Waals surface area contributed by atoms with Crippen LogP contribution in [0.2, 0.25) is 0 Å². The maximum absolute atomic E-state index is 12.6. The van der Waals surface area contributed by atoms with Gasteiger partial charge in [0.2, 0.25) is 6.79 Å². The Labute approximate surface area is 167 Å². The van der Waals surface area contributed by atoms with Crippen molar-refractivity contribution in [3.63, 3.8) is 0 Å². The van der Waals surface area contributed by atoms with Crippen molar-refractivity contribution in [1.82, 2.24) is 14.5 Å². The number of nitrogens with one attached hydrogen (secondary N) is 1. The third-order valence-electron chi connectivity index (χ3n) is 5.93. The Hall–Kier alpha value is -3.23. The highest BCUT2D eigenvalue weighted by atomic mass is 16.7. The van der Waals surface area contributed by atoms with Crippen molar-refractivity contribution in [2.45, 2.75) is 31.9 Å². The summed E-state index contributed by atoms with van der Waals surface area (Å²) < 4.78 is 18.2. The molecular formula is C20H22N4O5. The van der Waals surface area contributed by atoms with Crippen LogP contribution in [0.4, 0.5) is 10.5 Å². The number of rotatable bonds is 3. The standard InChI is InChI=1S/C20H22N4O5/c25-18-20(10-15(29-18)11-23-8-5-21-12-23)3-6-24(7-4-20)19(26)22-14-1-2-16-17(9-14)28-13-27-16/h1-2,5,8-9,12,15H,3-4,6-7,10-11,13H2,(H,22,26). The second kappa shape index (κ2) is 6.98. The normalized spacial score (nSPS) is 22.0. The number of hydrogen-bond donors (Lipinski definition) is 1. The first kappa shape index (κ1) is 17.8. The highest BCUT2D eigenvalue weighted by molar-refractivity contribution is 5.90. The van der Waals surface area contributed by atoms with Gasteiger partial charge < -0.3 is 29.0 Å². The molecule has 3 aliphatic heterocycles. The Kier molecular flexibility index (Phi) is 4.30. The van der Waals surface area contributed by atoms with Gasteiger partial charge in [-0.05, 0) is 25.0 Å². The molecule has 1 spiro atoms. The van der Waals surface area contributed by atoms with Crippen LogP contribution in [0.3, 0.4) is 0 Å². The van der Waals surface area contributed by atoms with Crippen LogP contribution in [-0.4, -0.2) is 52.4 Å². The third-order valence-corrected chi connectivity index (χ3v) is 5.93. The van der Waals surface area contributed by atoms with Gasteiger partial charge in [0.1, 0.15) is 6.10 Å². The summed E-state index contributed by atoms with van der Waals surface area (Å²) >= 11 is 0. The summed E-state index contributed by atoms with van der Waals surface area (Å²) in [6.45, 7) is 1.84. The van der Waals surface area contributed by atoms with Crippen LogP contribution in [0.5, 0.6) is 11.5 Å². The molecule has 9 heteroatoms. The van der Waals surface area contributed by atoms with Gasteiger partial charge in [-0.25, -0.2) is 9.78 Å². The zero-order chi connectivity index (χ0) is 19.8. The number of ether oxygens (including phenoxy) is 3. The number of urea groups is 1. The molecule has 1 N–H and O–H groups in total. The van der Waals surface area contributed by atoms with Crippen LogP contribution in [0.25, 0.3) is 0 Å². The van der Waals surface area contributed by atoms with Gasteiger partial charge in [0.05, 0.1) is 18.3 Å². The average Bonchev–Trinajstić information content (AvgIpc) is 3.44. The highest BCUT2D eigenvalue weighted by Crippen LogP contribution is 2.43. The topological polar surface area (TPSA) is 94.9 Å². The number of anilines is 1. The summed E-state index contributed by atoms with van der Waals surface area (Å²) in [7, 11) is 0. The van der Waals surface area contributed by atoms with Gasteiger partial charge in [-0.2, -0.15) is 0 Å². The van der Waals surface area contributed by atoms with Crippen molar-refractivity contribution >= 4 is 17.7 Å². The lowest BCUT2D eigenvalue weighted by molar-refractivity contribution is -0.150. The summed E-state index contributed by atoms with van der Waals surface area (Å²) in [5, 5.41) is 2.90. The van der Waals surface area contributed by atoms with E-state index in [2.05, 4.69) is 10.3 Å². The first-order valence-corrected chi connectivity index (χ1v) is 9.74. The molecule has 2 fully saturated rings. The summed E-state index contributed by atoms with van der Waals surface area (Å²) in [6.07, 6.45) is 7.06. The number of carbonyl (C=O) groups is 2. The predicted molar refractivity (Wildman–Crippen MR) is 102 cm³/mol. The lowest BCUT2D eigenvalue weighted by atomic mass is 9.76. The van der Waals surface area contributed by atoms with E-state index in [4.69, 9.17) is 14.2 Å². The van der Waals surface area contributed by atoms with Crippen LogP contribution in [0.15, 0.2) is 36.9 Å². The minimum absolute atomic E-state index is 0.140. The molecule has 3 aliphatic rings. The van der Waals surface area contributed by atoms with Crippen molar-refractivity contribution < 1.29 is 23.8 Å². The summed E-state index contributed by atoms with van der Waals surface area (Å²) in [4.78, 5) is 31.0. The number of imidazole rings is 1. The molecule has 152 valence electrons. The van der Waals surface area contributed by atoms with Crippen molar-refractivity contribution in [2.24, 2.45) is 5.41 Å². The number of carbonyl (C=O) groups excluding carboxylic acids is 2. The molecule has 1 atom stereocenters. The number of amides is 2. The summed E-state index contributed by atoms with van der Waals surface area (Å²) in [5.41, 5.74) is 0.168. The molecule has 2 aromatic rings. The third kappa shape index (κ3) is 3.37. The zero-order valence-corrected chi connectivity index (χ0v) is 15.9. The Morgan fingerprint density at radius 3 is 2.86 bits per heavy atom. The van der Waals surface area contributed by atoms with Gasteiger partial charge in [-0.15, -0.1) is 0 Å². The zero-order valence-electron chi connectivity index (χ0n) is 15.9. The van der Waals surface area contributed by atoms with E-state index in [-0.39, 0.29) is 24.9 Å². The molecule has 0 saturated carbocycles. The maximum Gasteiger partial charge on any atom is 0.321 e. The van der Waals surface area contributed by atoms with Gasteiger partial charge in [-0.1, -0.05) is 0 Å². The Balaban J connectivity index is 1.18. The Morgan fingerprint density at radius 1 is 1.24 bits per heavy atom. The number of piperidine rings is 1. The fraction of sp³-hybridized carbons (Fsp3) is 0.450. The molecule has 2 saturated heterocycles. The Bertz CT molecular complexity index is 921. The number of likely N-dealkylation sites (tertiary alicyclic amines) is 1. The molecule has 1 aromatic heterocycles. The smallest absolute Gasteiger partial charge is 0.321 e. The van der Waals surface area contributed by atoms with Crippen LogP contribution in [0.1, 0.15) is 19.3 Å². The molecule has 1 unspecified atom stereocenters. The molecule has 4 heterocycles. The molecule has 5 rings (SSSR count). The fourth-order valence-electron chi connectivity index (χ4n) is 4.29. The monoisotopic (exact) mass is 398 g/mol. The lowest BCUT2D eigenvalue weighted by Gasteiger charge is -2.36. The van der Waals surface area contributed by atoms with Crippen LogP contribution in [0, 0.1) is 5.41 Å². The highest BCUT2D eigenvalue weighted by Gasteiger charge is 2.50. The van der Waals surface area contributed by atoms with Crippen molar-refractivity contribution in [2.75, 3.05) is 25.2 Å². The van der Waals surface area contributed by atoms with E-state index in [1.807, 2.05) is 10.8 Å². The van der Waals surface area contributed by atoms with E-state index in [0.29, 0.717) is 56.1 Å². The quantitative estimate of drug-likeness (QED) is 0.797. The first-order chi connectivity index (χ1) is 14.1. The molecule has 9 nitrogen and oxygen atoms in total. The molecule has 1 aromatic carbocycles. The van der Waals surface area contributed by atoms with Crippen molar-refractivity contribution in [3.05, 3.63) is 36.9 Å².